The topological polar surface area (TPSA) is 52.0 Å². The van der Waals surface area contributed by atoms with Crippen LogP contribution in [-0.4, -0.2) is 0 Å². The Balaban J connectivity index is 3.09. The van der Waals surface area contributed by atoms with Crippen molar-refractivity contribution in [3.05, 3.63) is 28.2 Å². The summed E-state index contributed by atoms with van der Waals surface area (Å²) < 4.78 is 0.986. The summed E-state index contributed by atoms with van der Waals surface area (Å²) in [6, 6.07) is 5.74. The first-order chi connectivity index (χ1) is 5.11. The number of nitrogens with two attached hydrogens (primary N) is 2. The molecule has 0 saturated carbocycles. The monoisotopic (exact) mass is 214 g/mol. The molecule has 0 heterocycles. The number of hydrogen-bond donors (Lipinski definition) is 2. The minimum Gasteiger partial charge on any atom is -0.398 e. The highest BCUT2D eigenvalue weighted by Crippen LogP contribution is 2.22. The van der Waals surface area contributed by atoms with E-state index in [0.29, 0.717) is 0 Å². The third-order valence-corrected chi connectivity index (χ3v) is 2.03. The maximum atomic E-state index is 5.71. The van der Waals surface area contributed by atoms with E-state index in [1.807, 2.05) is 25.1 Å². The van der Waals surface area contributed by atoms with Gasteiger partial charge in [0.1, 0.15) is 0 Å². The molecule has 1 unspecified atom stereocenters. The molecular weight excluding hydrogens is 204 g/mol. The molecule has 0 radical (unpaired) electrons. The van der Waals surface area contributed by atoms with Crippen LogP contribution in [0.4, 0.5) is 5.69 Å². The molecule has 0 bridgehead atoms. The standard InChI is InChI=1S/C8H11BrN2/c1-5(10)7-3-2-6(9)4-8(7)11/h2-5H,10-11H2,1H3. The Kier molecular flexibility index (Phi) is 2.52. The maximum absolute atomic E-state index is 5.71. The second kappa shape index (κ2) is 3.24. The van der Waals surface area contributed by atoms with Gasteiger partial charge >= 0.3 is 0 Å². The first kappa shape index (κ1) is 8.56. The summed E-state index contributed by atoms with van der Waals surface area (Å²) in [6.07, 6.45) is 0. The van der Waals surface area contributed by atoms with Crippen LogP contribution in [0.3, 0.4) is 0 Å². The molecule has 0 amide bonds. The van der Waals surface area contributed by atoms with Crippen LogP contribution in [0.1, 0.15) is 18.5 Å². The van der Waals surface area contributed by atoms with Gasteiger partial charge in [-0.3, -0.25) is 0 Å². The van der Waals surface area contributed by atoms with Crippen molar-refractivity contribution in [2.45, 2.75) is 13.0 Å². The van der Waals surface area contributed by atoms with E-state index in [1.165, 1.54) is 0 Å². The van der Waals surface area contributed by atoms with Gasteiger partial charge in [0.25, 0.3) is 0 Å². The van der Waals surface area contributed by atoms with Crippen molar-refractivity contribution in [3.8, 4) is 0 Å². The van der Waals surface area contributed by atoms with Crippen LogP contribution in [0.5, 0.6) is 0 Å². The summed E-state index contributed by atoms with van der Waals surface area (Å²) in [5.41, 5.74) is 13.1. The van der Waals surface area contributed by atoms with Gasteiger partial charge in [-0.2, -0.15) is 0 Å². The molecule has 1 atom stereocenters. The molecule has 1 rings (SSSR count). The van der Waals surface area contributed by atoms with E-state index in [-0.39, 0.29) is 6.04 Å². The first-order valence-electron chi connectivity index (χ1n) is 3.42. The number of benzene rings is 1. The Morgan fingerprint density at radius 1 is 1.45 bits per heavy atom. The Hall–Kier alpha value is -0.540. The molecule has 2 nitrogen and oxygen atoms in total. The second-order valence-electron chi connectivity index (χ2n) is 2.56. The van der Waals surface area contributed by atoms with E-state index in [1.54, 1.807) is 0 Å². The van der Waals surface area contributed by atoms with Gasteiger partial charge in [0, 0.05) is 16.2 Å². The van der Waals surface area contributed by atoms with E-state index >= 15 is 0 Å². The molecule has 0 aliphatic carbocycles. The SMILES string of the molecule is CC(N)c1ccc(Br)cc1N. The van der Waals surface area contributed by atoms with E-state index < -0.39 is 0 Å². The summed E-state index contributed by atoms with van der Waals surface area (Å²) in [5, 5.41) is 0. The highest BCUT2D eigenvalue weighted by molar-refractivity contribution is 9.10. The highest BCUT2D eigenvalue weighted by atomic mass is 79.9. The minimum absolute atomic E-state index is 0.00287. The highest BCUT2D eigenvalue weighted by Gasteiger charge is 2.03. The van der Waals surface area contributed by atoms with E-state index in [2.05, 4.69) is 15.9 Å². The lowest BCUT2D eigenvalue weighted by Gasteiger charge is -2.08. The largest absolute Gasteiger partial charge is 0.398 e. The van der Waals surface area contributed by atoms with Crippen LogP contribution < -0.4 is 11.5 Å². The third kappa shape index (κ3) is 1.94. The van der Waals surface area contributed by atoms with Crippen molar-refractivity contribution in [2.75, 3.05) is 5.73 Å². The van der Waals surface area contributed by atoms with Crippen molar-refractivity contribution in [2.24, 2.45) is 5.73 Å². The van der Waals surface area contributed by atoms with Gasteiger partial charge in [0.2, 0.25) is 0 Å². The van der Waals surface area contributed by atoms with Crippen molar-refractivity contribution in [1.82, 2.24) is 0 Å². The van der Waals surface area contributed by atoms with Gasteiger partial charge in [0.05, 0.1) is 0 Å². The van der Waals surface area contributed by atoms with Gasteiger partial charge in [-0.25, -0.2) is 0 Å². The van der Waals surface area contributed by atoms with Gasteiger partial charge in [0.15, 0.2) is 0 Å². The normalized spacial score (nSPS) is 13.0. The molecule has 3 heteroatoms. The molecular formula is C8H11BrN2. The van der Waals surface area contributed by atoms with Gasteiger partial charge < -0.3 is 11.5 Å². The van der Waals surface area contributed by atoms with Crippen LogP contribution in [0.2, 0.25) is 0 Å². The Morgan fingerprint density at radius 3 is 2.55 bits per heavy atom. The van der Waals surface area contributed by atoms with E-state index in [9.17, 15) is 0 Å². The first-order valence-corrected chi connectivity index (χ1v) is 4.21. The summed E-state index contributed by atoms with van der Waals surface area (Å²) >= 11 is 3.32. The Morgan fingerprint density at radius 2 is 2.09 bits per heavy atom. The predicted octanol–water partition coefficient (Wildman–Crippen LogP) is 2.05. The zero-order valence-electron chi connectivity index (χ0n) is 6.34. The zero-order chi connectivity index (χ0) is 8.43. The zero-order valence-corrected chi connectivity index (χ0v) is 7.93. The maximum Gasteiger partial charge on any atom is 0.0373 e. The van der Waals surface area contributed by atoms with Crippen molar-refractivity contribution >= 4 is 21.6 Å². The summed E-state index contributed by atoms with van der Waals surface area (Å²) in [4.78, 5) is 0. The molecule has 0 saturated heterocycles. The molecule has 60 valence electrons. The fraction of sp³-hybridized carbons (Fsp3) is 0.250. The predicted molar refractivity (Wildman–Crippen MR) is 51.2 cm³/mol. The fourth-order valence-corrected chi connectivity index (χ4v) is 1.34. The van der Waals surface area contributed by atoms with Crippen LogP contribution in [-0.2, 0) is 0 Å². The number of nitrogen functional groups attached to an aromatic ring is 1. The van der Waals surface area contributed by atoms with Gasteiger partial charge in [-0.05, 0) is 24.6 Å². The Labute approximate surface area is 74.7 Å². The molecule has 0 aliphatic rings. The molecule has 0 aromatic heterocycles. The molecule has 4 N–H and O–H groups in total. The average Bonchev–Trinajstić information content (AvgIpc) is 1.85. The molecule has 1 aromatic rings. The third-order valence-electron chi connectivity index (χ3n) is 1.54. The summed E-state index contributed by atoms with van der Waals surface area (Å²) in [5.74, 6) is 0. The van der Waals surface area contributed by atoms with Crippen LogP contribution in [0, 0.1) is 0 Å². The number of halogens is 1. The lowest BCUT2D eigenvalue weighted by Crippen LogP contribution is -2.07. The fourth-order valence-electron chi connectivity index (χ4n) is 0.960. The smallest absolute Gasteiger partial charge is 0.0373 e. The minimum atomic E-state index is 0.00287. The number of hydrogen-bond acceptors (Lipinski definition) is 2. The van der Waals surface area contributed by atoms with E-state index in [4.69, 9.17) is 11.5 Å². The summed E-state index contributed by atoms with van der Waals surface area (Å²) in [7, 11) is 0. The second-order valence-corrected chi connectivity index (χ2v) is 3.48. The molecule has 0 aliphatic heterocycles. The van der Waals surface area contributed by atoms with Crippen LogP contribution in [0.25, 0.3) is 0 Å². The van der Waals surface area contributed by atoms with Crippen LogP contribution >= 0.6 is 15.9 Å². The number of rotatable bonds is 1. The summed E-state index contributed by atoms with van der Waals surface area (Å²) in [6.45, 7) is 1.92. The van der Waals surface area contributed by atoms with Crippen molar-refractivity contribution < 1.29 is 0 Å². The lowest BCUT2D eigenvalue weighted by molar-refractivity contribution is 0.821. The number of anilines is 1. The molecule has 11 heavy (non-hydrogen) atoms. The Bertz CT molecular complexity index is 258. The average molecular weight is 215 g/mol. The quantitative estimate of drug-likeness (QED) is 0.704. The van der Waals surface area contributed by atoms with Crippen molar-refractivity contribution in [1.29, 1.82) is 0 Å². The van der Waals surface area contributed by atoms with Crippen molar-refractivity contribution in [3.63, 3.8) is 0 Å². The lowest BCUT2D eigenvalue weighted by atomic mass is 10.1. The molecule has 0 fully saturated rings. The van der Waals surface area contributed by atoms with Gasteiger partial charge in [-0.15, -0.1) is 0 Å². The molecule has 0 spiro atoms. The van der Waals surface area contributed by atoms with Crippen LogP contribution in [0.15, 0.2) is 22.7 Å². The van der Waals surface area contributed by atoms with E-state index in [0.717, 1.165) is 15.7 Å². The molecule has 1 aromatic carbocycles. The van der Waals surface area contributed by atoms with Gasteiger partial charge in [-0.1, -0.05) is 22.0 Å².